The van der Waals surface area contributed by atoms with Crippen LogP contribution < -0.4 is 0 Å². The molecule has 50 valence electrons. The molecule has 0 aromatic rings. The van der Waals surface area contributed by atoms with Crippen molar-refractivity contribution in [2.75, 3.05) is 0 Å². The van der Waals surface area contributed by atoms with Crippen molar-refractivity contribution in [2.24, 2.45) is 0 Å². The molecule has 0 aromatic heterocycles. The molecular weight excluding hydrogens is 120 g/mol. The van der Waals surface area contributed by atoms with Crippen molar-refractivity contribution in [3.63, 3.8) is 0 Å². The zero-order chi connectivity index (χ0) is 6.01. The highest BCUT2D eigenvalue weighted by Crippen LogP contribution is 2.47. The second kappa shape index (κ2) is 1.17. The molecule has 3 nitrogen and oxygen atoms in total. The van der Waals surface area contributed by atoms with E-state index >= 15 is 0 Å². The number of rotatable bonds is 0. The normalized spacial score (nSPS) is 68.3. The van der Waals surface area contributed by atoms with Crippen molar-refractivity contribution in [2.45, 2.75) is 36.9 Å². The lowest BCUT2D eigenvalue weighted by molar-refractivity contribution is -0.00705. The predicted molar refractivity (Wildman–Crippen MR) is 27.9 cm³/mol. The topological polar surface area (TPSA) is 42.0 Å². The summed E-state index contributed by atoms with van der Waals surface area (Å²) in [6, 6.07) is 0. The van der Waals surface area contributed by atoms with E-state index in [-0.39, 0.29) is 24.4 Å². The Morgan fingerprint density at radius 3 is 2.56 bits per heavy atom. The van der Waals surface area contributed by atoms with Crippen LogP contribution in [-0.2, 0) is 9.47 Å². The Labute approximate surface area is 52.6 Å². The van der Waals surface area contributed by atoms with Gasteiger partial charge in [0.15, 0.2) is 0 Å². The van der Waals surface area contributed by atoms with E-state index in [1.807, 2.05) is 0 Å². The van der Waals surface area contributed by atoms with Crippen molar-refractivity contribution in [1.82, 2.24) is 0 Å². The van der Waals surface area contributed by atoms with Gasteiger partial charge >= 0.3 is 0 Å². The molecule has 3 heterocycles. The number of epoxide rings is 1. The first-order chi connectivity index (χ1) is 4.36. The second-order valence-electron chi connectivity index (χ2n) is 3.01. The Kier molecular flexibility index (Phi) is 0.604. The summed E-state index contributed by atoms with van der Waals surface area (Å²) >= 11 is 0. The molecule has 3 saturated heterocycles. The smallest absolute Gasteiger partial charge is 0.115 e. The lowest BCUT2D eigenvalue weighted by Gasteiger charge is -2.07. The van der Waals surface area contributed by atoms with Crippen LogP contribution in [-0.4, -0.2) is 35.6 Å². The first-order valence-corrected chi connectivity index (χ1v) is 3.35. The fourth-order valence-electron chi connectivity index (χ4n) is 1.93. The van der Waals surface area contributed by atoms with Gasteiger partial charge in [0.25, 0.3) is 0 Å². The molecule has 0 spiro atoms. The van der Waals surface area contributed by atoms with Gasteiger partial charge in [0.1, 0.15) is 18.3 Å². The summed E-state index contributed by atoms with van der Waals surface area (Å²) in [5.74, 6) is 0. The van der Waals surface area contributed by atoms with Gasteiger partial charge in [0, 0.05) is 6.42 Å². The van der Waals surface area contributed by atoms with Crippen LogP contribution in [0.1, 0.15) is 6.42 Å². The molecule has 2 bridgehead atoms. The first kappa shape index (κ1) is 4.66. The van der Waals surface area contributed by atoms with Crippen molar-refractivity contribution in [1.29, 1.82) is 0 Å². The van der Waals surface area contributed by atoms with Crippen molar-refractivity contribution >= 4 is 0 Å². The fourth-order valence-corrected chi connectivity index (χ4v) is 1.93. The minimum atomic E-state index is -0.251. The summed E-state index contributed by atoms with van der Waals surface area (Å²) < 4.78 is 10.6. The number of hydrogen-bond acceptors (Lipinski definition) is 3. The maximum atomic E-state index is 9.21. The minimum Gasteiger partial charge on any atom is -0.390 e. The number of hydrogen-bond donors (Lipinski definition) is 1. The average Bonchev–Trinajstić information content (AvgIpc) is 2.46. The second-order valence-corrected chi connectivity index (χ2v) is 3.01. The van der Waals surface area contributed by atoms with Crippen LogP contribution in [0.2, 0.25) is 0 Å². The maximum Gasteiger partial charge on any atom is 0.115 e. The van der Waals surface area contributed by atoms with E-state index in [4.69, 9.17) is 9.47 Å². The Bertz CT molecular complexity index is 154. The Hall–Kier alpha value is -0.120. The van der Waals surface area contributed by atoms with Gasteiger partial charge in [0.2, 0.25) is 0 Å². The summed E-state index contributed by atoms with van der Waals surface area (Å²) in [6.07, 6.45) is 1.36. The number of aliphatic hydroxyl groups excluding tert-OH is 1. The Morgan fingerprint density at radius 1 is 1.11 bits per heavy atom. The van der Waals surface area contributed by atoms with E-state index in [0.29, 0.717) is 6.10 Å². The molecular formula is C6H8O3. The van der Waals surface area contributed by atoms with Crippen LogP contribution in [0.3, 0.4) is 0 Å². The zero-order valence-electron chi connectivity index (χ0n) is 4.86. The van der Waals surface area contributed by atoms with Crippen LogP contribution in [0.25, 0.3) is 0 Å². The van der Waals surface area contributed by atoms with Gasteiger partial charge in [0.05, 0.1) is 12.2 Å². The molecule has 3 rings (SSSR count). The van der Waals surface area contributed by atoms with Crippen LogP contribution in [0.5, 0.6) is 0 Å². The zero-order valence-corrected chi connectivity index (χ0v) is 4.86. The molecule has 3 aliphatic heterocycles. The Balaban J connectivity index is 1.96. The van der Waals surface area contributed by atoms with E-state index in [0.717, 1.165) is 6.42 Å². The van der Waals surface area contributed by atoms with E-state index in [9.17, 15) is 5.11 Å². The molecule has 3 aliphatic rings. The van der Waals surface area contributed by atoms with Gasteiger partial charge in [-0.15, -0.1) is 0 Å². The van der Waals surface area contributed by atoms with Gasteiger partial charge in [-0.3, -0.25) is 0 Å². The fraction of sp³-hybridized carbons (Fsp3) is 1.00. The molecule has 1 N–H and O–H groups in total. The number of ether oxygens (including phenoxy) is 2. The number of fused-ring (bicyclic) bond motifs is 5. The monoisotopic (exact) mass is 128 g/mol. The summed E-state index contributed by atoms with van der Waals surface area (Å²) in [5, 5.41) is 9.21. The van der Waals surface area contributed by atoms with Gasteiger partial charge < -0.3 is 14.6 Å². The quantitative estimate of drug-likeness (QED) is 0.438. The Morgan fingerprint density at radius 2 is 2.00 bits per heavy atom. The molecule has 0 saturated carbocycles. The summed E-state index contributed by atoms with van der Waals surface area (Å²) in [7, 11) is 0. The van der Waals surface area contributed by atoms with Crippen LogP contribution >= 0.6 is 0 Å². The predicted octanol–water partition coefficient (Wildman–Crippen LogP) is -0.714. The average molecular weight is 128 g/mol. The van der Waals surface area contributed by atoms with Gasteiger partial charge in [-0.1, -0.05) is 0 Å². The van der Waals surface area contributed by atoms with Crippen molar-refractivity contribution in [3.8, 4) is 0 Å². The third-order valence-electron chi connectivity index (χ3n) is 2.44. The van der Waals surface area contributed by atoms with E-state index in [2.05, 4.69) is 0 Å². The molecule has 0 radical (unpaired) electrons. The molecule has 9 heavy (non-hydrogen) atoms. The van der Waals surface area contributed by atoms with Crippen LogP contribution in [0.4, 0.5) is 0 Å². The third kappa shape index (κ3) is 0.407. The highest BCUT2D eigenvalue weighted by molar-refractivity contribution is 5.11. The molecule has 1 unspecified atom stereocenters. The molecule has 5 atom stereocenters. The molecule has 0 amide bonds. The third-order valence-corrected chi connectivity index (χ3v) is 2.44. The summed E-state index contributed by atoms with van der Waals surface area (Å²) in [6.45, 7) is 0. The van der Waals surface area contributed by atoms with Gasteiger partial charge in [-0.2, -0.15) is 0 Å². The van der Waals surface area contributed by atoms with Crippen LogP contribution in [0.15, 0.2) is 0 Å². The lowest BCUT2D eigenvalue weighted by Crippen LogP contribution is -2.28. The maximum absolute atomic E-state index is 9.21. The van der Waals surface area contributed by atoms with E-state index in [1.165, 1.54) is 0 Å². The highest BCUT2D eigenvalue weighted by atomic mass is 16.7. The SMILES string of the molecule is O[C@H]1C[C@@H]2O[C@H]1C1O[C@H]12. The standard InChI is InChI=1S/C6H8O3/c7-2-1-3-5-6(9-5)4(2)8-3/h2-7H,1H2/t2-,3-,4+,5-,6?/m0/s1. The molecule has 3 fully saturated rings. The molecule has 0 aromatic carbocycles. The van der Waals surface area contributed by atoms with E-state index < -0.39 is 0 Å². The van der Waals surface area contributed by atoms with E-state index in [1.54, 1.807) is 0 Å². The van der Waals surface area contributed by atoms with Gasteiger partial charge in [-0.05, 0) is 0 Å². The molecule has 0 aliphatic carbocycles. The summed E-state index contributed by atoms with van der Waals surface area (Å²) in [5.41, 5.74) is 0. The number of aliphatic hydroxyl groups is 1. The summed E-state index contributed by atoms with van der Waals surface area (Å²) in [4.78, 5) is 0. The largest absolute Gasteiger partial charge is 0.390 e. The molecule has 3 heteroatoms. The minimum absolute atomic E-state index is 0.0139. The van der Waals surface area contributed by atoms with Crippen molar-refractivity contribution < 1.29 is 14.6 Å². The van der Waals surface area contributed by atoms with Crippen molar-refractivity contribution in [3.05, 3.63) is 0 Å². The highest BCUT2D eigenvalue weighted by Gasteiger charge is 2.64. The lowest BCUT2D eigenvalue weighted by atomic mass is 9.98. The van der Waals surface area contributed by atoms with Crippen LogP contribution in [0, 0.1) is 0 Å². The first-order valence-electron chi connectivity index (χ1n) is 3.35. The van der Waals surface area contributed by atoms with Gasteiger partial charge in [-0.25, -0.2) is 0 Å².